The number of pyridine rings is 1. The van der Waals surface area contributed by atoms with Gasteiger partial charge in [0.2, 0.25) is 0 Å². The lowest BCUT2D eigenvalue weighted by Gasteiger charge is -2.08. The van der Waals surface area contributed by atoms with E-state index in [9.17, 15) is 0 Å². The Hall–Kier alpha value is -1.45. The van der Waals surface area contributed by atoms with Crippen LogP contribution in [0.4, 0.5) is 17.2 Å². The SMILES string of the molecule is Cc1cc(Nc2cc(Cl)cc(Cl)c2)ncc1N. The number of rotatable bonds is 2. The van der Waals surface area contributed by atoms with Gasteiger partial charge in [0.25, 0.3) is 0 Å². The Balaban J connectivity index is 2.28. The van der Waals surface area contributed by atoms with Crippen LogP contribution in [-0.2, 0) is 0 Å². The number of nitrogens with one attached hydrogen (secondary N) is 1. The first-order valence-electron chi connectivity index (χ1n) is 5.00. The molecule has 1 heterocycles. The van der Waals surface area contributed by atoms with Crippen LogP contribution in [0.1, 0.15) is 5.56 Å². The van der Waals surface area contributed by atoms with Crippen LogP contribution in [0, 0.1) is 6.92 Å². The van der Waals surface area contributed by atoms with E-state index in [2.05, 4.69) is 10.3 Å². The molecule has 3 nitrogen and oxygen atoms in total. The molecule has 3 N–H and O–H groups in total. The summed E-state index contributed by atoms with van der Waals surface area (Å²) in [4.78, 5) is 4.17. The third-order valence-corrected chi connectivity index (χ3v) is 2.72. The monoisotopic (exact) mass is 267 g/mol. The van der Waals surface area contributed by atoms with E-state index in [4.69, 9.17) is 28.9 Å². The van der Waals surface area contributed by atoms with Crippen molar-refractivity contribution in [3.05, 3.63) is 46.1 Å². The molecule has 2 rings (SSSR count). The molecule has 0 atom stereocenters. The highest BCUT2D eigenvalue weighted by Crippen LogP contribution is 2.25. The van der Waals surface area contributed by atoms with Gasteiger partial charge in [-0.05, 0) is 36.8 Å². The molecule has 1 aromatic carbocycles. The molecule has 0 aliphatic rings. The summed E-state index contributed by atoms with van der Waals surface area (Å²) in [5.74, 6) is 0.704. The minimum absolute atomic E-state index is 0.576. The van der Waals surface area contributed by atoms with E-state index >= 15 is 0 Å². The predicted molar refractivity (Wildman–Crippen MR) is 73.1 cm³/mol. The van der Waals surface area contributed by atoms with Crippen LogP contribution in [-0.4, -0.2) is 4.98 Å². The highest BCUT2D eigenvalue weighted by molar-refractivity contribution is 6.35. The van der Waals surface area contributed by atoms with Crippen LogP contribution in [0.25, 0.3) is 0 Å². The summed E-state index contributed by atoms with van der Waals surface area (Å²) in [5, 5.41) is 4.27. The fourth-order valence-electron chi connectivity index (χ4n) is 1.41. The molecule has 0 fully saturated rings. The number of benzene rings is 1. The molecule has 88 valence electrons. The van der Waals surface area contributed by atoms with Crippen LogP contribution in [0.3, 0.4) is 0 Å². The van der Waals surface area contributed by atoms with E-state index in [1.165, 1.54) is 0 Å². The maximum Gasteiger partial charge on any atom is 0.130 e. The van der Waals surface area contributed by atoms with E-state index in [1.54, 1.807) is 24.4 Å². The Labute approximate surface area is 110 Å². The third-order valence-electron chi connectivity index (χ3n) is 2.29. The lowest BCUT2D eigenvalue weighted by molar-refractivity contribution is 1.28. The van der Waals surface area contributed by atoms with Gasteiger partial charge in [-0.1, -0.05) is 23.2 Å². The summed E-state index contributed by atoms with van der Waals surface area (Å²) in [6, 6.07) is 7.10. The number of nitrogens with zero attached hydrogens (tertiary/aromatic N) is 1. The maximum atomic E-state index is 5.91. The summed E-state index contributed by atoms with van der Waals surface area (Å²) in [5.41, 5.74) is 8.12. The van der Waals surface area contributed by atoms with Gasteiger partial charge < -0.3 is 11.1 Å². The molecular weight excluding hydrogens is 257 g/mol. The molecular formula is C12H11Cl2N3. The average Bonchev–Trinajstić information content (AvgIpc) is 2.22. The van der Waals surface area contributed by atoms with E-state index in [0.29, 0.717) is 21.6 Å². The van der Waals surface area contributed by atoms with Crippen LogP contribution >= 0.6 is 23.2 Å². The van der Waals surface area contributed by atoms with Gasteiger partial charge in [0.05, 0.1) is 11.9 Å². The number of nitrogens with two attached hydrogens (primary N) is 1. The Bertz CT molecular complexity index is 535. The zero-order chi connectivity index (χ0) is 12.4. The number of aryl methyl sites for hydroxylation is 1. The van der Waals surface area contributed by atoms with Crippen molar-refractivity contribution in [2.75, 3.05) is 11.1 Å². The molecule has 0 amide bonds. The van der Waals surface area contributed by atoms with Gasteiger partial charge in [0, 0.05) is 15.7 Å². The molecule has 0 aliphatic carbocycles. The highest BCUT2D eigenvalue weighted by Gasteiger charge is 2.01. The molecule has 0 aliphatic heterocycles. The second-order valence-corrected chi connectivity index (χ2v) is 4.58. The van der Waals surface area contributed by atoms with Crippen LogP contribution in [0.2, 0.25) is 10.0 Å². The average molecular weight is 268 g/mol. The second kappa shape index (κ2) is 4.82. The maximum absolute atomic E-state index is 5.91. The van der Waals surface area contributed by atoms with Crippen LogP contribution in [0.5, 0.6) is 0 Å². The number of halogens is 2. The summed E-state index contributed by atoms with van der Waals surface area (Å²) in [6.07, 6.45) is 1.61. The Morgan fingerprint density at radius 3 is 2.35 bits per heavy atom. The molecule has 0 radical (unpaired) electrons. The van der Waals surface area contributed by atoms with Gasteiger partial charge in [-0.25, -0.2) is 4.98 Å². The van der Waals surface area contributed by atoms with Gasteiger partial charge in [-0.15, -0.1) is 0 Å². The second-order valence-electron chi connectivity index (χ2n) is 3.71. The molecule has 5 heteroatoms. The van der Waals surface area contributed by atoms with Crippen molar-refractivity contribution in [1.82, 2.24) is 4.98 Å². The number of aromatic nitrogens is 1. The van der Waals surface area contributed by atoms with Crippen molar-refractivity contribution >= 4 is 40.4 Å². The van der Waals surface area contributed by atoms with E-state index in [-0.39, 0.29) is 0 Å². The van der Waals surface area contributed by atoms with E-state index < -0.39 is 0 Å². The molecule has 1 aromatic heterocycles. The summed E-state index contributed by atoms with van der Waals surface area (Å²) in [7, 11) is 0. The Kier molecular flexibility index (Phi) is 3.41. The third kappa shape index (κ3) is 3.02. The standard InChI is InChI=1S/C12H11Cl2N3/c1-7-2-12(16-6-11(7)15)17-10-4-8(13)3-9(14)5-10/h2-6H,15H2,1H3,(H,16,17). The fraction of sp³-hybridized carbons (Fsp3) is 0.0833. The lowest BCUT2D eigenvalue weighted by atomic mass is 10.2. The Morgan fingerprint density at radius 1 is 1.12 bits per heavy atom. The van der Waals surface area contributed by atoms with Crippen molar-refractivity contribution in [3.8, 4) is 0 Å². The van der Waals surface area contributed by atoms with Crippen molar-refractivity contribution in [2.45, 2.75) is 6.92 Å². The first kappa shape index (κ1) is 12.0. The number of anilines is 3. The fourth-order valence-corrected chi connectivity index (χ4v) is 1.93. The minimum Gasteiger partial charge on any atom is -0.397 e. The van der Waals surface area contributed by atoms with Gasteiger partial charge in [-0.2, -0.15) is 0 Å². The number of nitrogen functional groups attached to an aromatic ring is 1. The zero-order valence-corrected chi connectivity index (χ0v) is 10.7. The molecule has 0 saturated heterocycles. The largest absolute Gasteiger partial charge is 0.397 e. The minimum atomic E-state index is 0.576. The normalized spacial score (nSPS) is 10.3. The molecule has 0 bridgehead atoms. The van der Waals surface area contributed by atoms with Gasteiger partial charge in [0.15, 0.2) is 0 Å². The summed E-state index contributed by atoms with van der Waals surface area (Å²) in [6.45, 7) is 1.92. The summed E-state index contributed by atoms with van der Waals surface area (Å²) < 4.78 is 0. The first-order chi connectivity index (χ1) is 8.04. The topological polar surface area (TPSA) is 50.9 Å². The smallest absolute Gasteiger partial charge is 0.130 e. The van der Waals surface area contributed by atoms with Gasteiger partial charge in [-0.3, -0.25) is 0 Å². The molecule has 0 saturated carbocycles. The van der Waals surface area contributed by atoms with Crippen molar-refractivity contribution in [3.63, 3.8) is 0 Å². The first-order valence-corrected chi connectivity index (χ1v) is 5.75. The van der Waals surface area contributed by atoms with E-state index in [0.717, 1.165) is 11.3 Å². The zero-order valence-electron chi connectivity index (χ0n) is 9.17. The number of hydrogen-bond acceptors (Lipinski definition) is 3. The molecule has 0 spiro atoms. The van der Waals surface area contributed by atoms with Crippen LogP contribution < -0.4 is 11.1 Å². The van der Waals surface area contributed by atoms with Crippen molar-refractivity contribution < 1.29 is 0 Å². The molecule has 0 unspecified atom stereocenters. The molecule has 2 aromatic rings. The van der Waals surface area contributed by atoms with Gasteiger partial charge >= 0.3 is 0 Å². The highest BCUT2D eigenvalue weighted by atomic mass is 35.5. The lowest BCUT2D eigenvalue weighted by Crippen LogP contribution is -1.97. The Morgan fingerprint density at radius 2 is 1.76 bits per heavy atom. The summed E-state index contributed by atoms with van der Waals surface area (Å²) >= 11 is 11.8. The number of hydrogen-bond donors (Lipinski definition) is 2. The predicted octanol–water partition coefficient (Wildman–Crippen LogP) is 4.02. The van der Waals surface area contributed by atoms with Crippen molar-refractivity contribution in [1.29, 1.82) is 0 Å². The molecule has 17 heavy (non-hydrogen) atoms. The van der Waals surface area contributed by atoms with E-state index in [1.807, 2.05) is 13.0 Å². The van der Waals surface area contributed by atoms with Gasteiger partial charge in [0.1, 0.15) is 5.82 Å². The van der Waals surface area contributed by atoms with Crippen molar-refractivity contribution in [2.24, 2.45) is 0 Å². The quantitative estimate of drug-likeness (QED) is 0.864. The van der Waals surface area contributed by atoms with Crippen LogP contribution in [0.15, 0.2) is 30.5 Å².